The van der Waals surface area contributed by atoms with Crippen molar-refractivity contribution in [2.24, 2.45) is 11.8 Å². The van der Waals surface area contributed by atoms with E-state index in [1.54, 1.807) is 0 Å². The smallest absolute Gasteiger partial charge is 0.324 e. The average Bonchev–Trinajstić information content (AvgIpc) is 3.34. The molecule has 1 saturated heterocycles. The van der Waals surface area contributed by atoms with Crippen molar-refractivity contribution < 1.29 is 27.6 Å². The number of carbonyl (C=O) groups is 3. The van der Waals surface area contributed by atoms with Crippen LogP contribution < -0.4 is 5.32 Å². The highest BCUT2D eigenvalue weighted by Crippen LogP contribution is 2.35. The van der Waals surface area contributed by atoms with E-state index in [4.69, 9.17) is 0 Å². The standard InChI is InChI=1S/C20H18F3N5O3/c21-20(22,23)12-5-6-16(28-11-24-10-25-28)15(9-12)26-17(29)7-8-27-18(30)13-3-1-2-4-14(13)19(27)31/h1-2,5-6,9-11,13-14H,3-4,7-8H2,(H,26,29)/t13-,14+. The molecule has 1 aromatic carbocycles. The minimum atomic E-state index is -4.60. The Labute approximate surface area is 174 Å². The number of aromatic nitrogens is 3. The molecule has 0 saturated carbocycles. The monoisotopic (exact) mass is 433 g/mol. The lowest BCUT2D eigenvalue weighted by atomic mass is 9.85. The summed E-state index contributed by atoms with van der Waals surface area (Å²) in [6.07, 6.45) is 2.37. The zero-order valence-corrected chi connectivity index (χ0v) is 16.2. The van der Waals surface area contributed by atoms with E-state index in [1.165, 1.54) is 23.4 Å². The van der Waals surface area contributed by atoms with Crippen LogP contribution in [0, 0.1) is 11.8 Å². The van der Waals surface area contributed by atoms with E-state index in [0.29, 0.717) is 12.8 Å². The van der Waals surface area contributed by atoms with Gasteiger partial charge in [0.15, 0.2) is 0 Å². The zero-order chi connectivity index (χ0) is 22.2. The van der Waals surface area contributed by atoms with Crippen LogP contribution in [0.15, 0.2) is 43.0 Å². The van der Waals surface area contributed by atoms with Crippen molar-refractivity contribution in [1.29, 1.82) is 0 Å². The molecule has 1 fully saturated rings. The number of alkyl halides is 3. The maximum absolute atomic E-state index is 13.1. The van der Waals surface area contributed by atoms with Crippen molar-refractivity contribution >= 4 is 23.4 Å². The molecule has 1 aromatic heterocycles. The predicted octanol–water partition coefficient (Wildman–Crippen LogP) is 2.57. The number of allylic oxidation sites excluding steroid dienone is 2. The van der Waals surface area contributed by atoms with Gasteiger partial charge < -0.3 is 5.32 Å². The molecular weight excluding hydrogens is 415 g/mol. The summed E-state index contributed by atoms with van der Waals surface area (Å²) in [5, 5.41) is 6.32. The van der Waals surface area contributed by atoms with Crippen LogP contribution >= 0.6 is 0 Å². The first-order valence-corrected chi connectivity index (χ1v) is 9.62. The van der Waals surface area contributed by atoms with Gasteiger partial charge in [-0.05, 0) is 31.0 Å². The molecule has 3 amide bonds. The fraction of sp³-hybridized carbons (Fsp3) is 0.350. The summed E-state index contributed by atoms with van der Waals surface area (Å²) in [5.41, 5.74) is -0.848. The van der Waals surface area contributed by atoms with E-state index in [2.05, 4.69) is 15.4 Å². The summed E-state index contributed by atoms with van der Waals surface area (Å²) >= 11 is 0. The lowest BCUT2D eigenvalue weighted by Gasteiger charge is -2.16. The molecular formula is C20H18F3N5O3. The van der Waals surface area contributed by atoms with Gasteiger partial charge in [-0.25, -0.2) is 9.67 Å². The van der Waals surface area contributed by atoms with Crippen molar-refractivity contribution in [3.8, 4) is 5.69 Å². The number of nitrogens with zero attached hydrogens (tertiary/aromatic N) is 4. The number of carbonyl (C=O) groups excluding carboxylic acids is 3. The fourth-order valence-electron chi connectivity index (χ4n) is 3.86. The molecule has 8 nitrogen and oxygen atoms in total. The Bertz CT molecular complexity index is 1020. The second-order valence-electron chi connectivity index (χ2n) is 7.35. The normalized spacial score (nSPS) is 20.8. The molecule has 2 atom stereocenters. The third-order valence-corrected chi connectivity index (χ3v) is 5.42. The van der Waals surface area contributed by atoms with Crippen molar-refractivity contribution in [2.45, 2.75) is 25.4 Å². The summed E-state index contributed by atoms with van der Waals surface area (Å²) < 4.78 is 40.6. The van der Waals surface area contributed by atoms with Crippen molar-refractivity contribution in [3.63, 3.8) is 0 Å². The molecule has 31 heavy (non-hydrogen) atoms. The molecule has 0 unspecified atom stereocenters. The highest BCUT2D eigenvalue weighted by molar-refractivity contribution is 6.06. The minimum Gasteiger partial charge on any atom is -0.324 e. The highest BCUT2D eigenvalue weighted by atomic mass is 19.4. The highest BCUT2D eigenvalue weighted by Gasteiger charge is 2.46. The second-order valence-corrected chi connectivity index (χ2v) is 7.35. The Morgan fingerprint density at radius 1 is 1.13 bits per heavy atom. The van der Waals surface area contributed by atoms with Crippen LogP contribution in [0.3, 0.4) is 0 Å². The van der Waals surface area contributed by atoms with Gasteiger partial charge >= 0.3 is 6.18 Å². The van der Waals surface area contributed by atoms with Crippen molar-refractivity contribution in [2.75, 3.05) is 11.9 Å². The Morgan fingerprint density at radius 2 is 1.81 bits per heavy atom. The molecule has 162 valence electrons. The number of rotatable bonds is 5. The topological polar surface area (TPSA) is 97.2 Å². The molecule has 0 spiro atoms. The Hall–Kier alpha value is -3.50. The minimum absolute atomic E-state index is 0.109. The second kappa shape index (κ2) is 7.97. The molecule has 0 bridgehead atoms. The van der Waals surface area contributed by atoms with E-state index in [-0.39, 0.29) is 36.2 Å². The van der Waals surface area contributed by atoms with Crippen molar-refractivity contribution in [1.82, 2.24) is 19.7 Å². The zero-order valence-electron chi connectivity index (χ0n) is 16.2. The molecule has 0 radical (unpaired) electrons. The largest absolute Gasteiger partial charge is 0.416 e. The number of hydrogen-bond acceptors (Lipinski definition) is 5. The molecule has 4 rings (SSSR count). The van der Waals surface area contributed by atoms with Gasteiger partial charge in [-0.3, -0.25) is 19.3 Å². The molecule has 1 aliphatic heterocycles. The Kier molecular flexibility index (Phi) is 5.34. The van der Waals surface area contributed by atoms with Gasteiger partial charge in [0.1, 0.15) is 12.7 Å². The van der Waals surface area contributed by atoms with Crippen LogP contribution in [0.5, 0.6) is 0 Å². The van der Waals surface area contributed by atoms with Crippen LogP contribution in [-0.2, 0) is 20.6 Å². The van der Waals surface area contributed by atoms with Crippen LogP contribution in [0.2, 0.25) is 0 Å². The SMILES string of the molecule is O=C(CCN1C(=O)[C@H]2CC=CC[C@H]2C1=O)Nc1cc(C(F)(F)F)ccc1-n1cncn1. The number of halogens is 3. The number of hydrogen-bond donors (Lipinski definition) is 1. The summed E-state index contributed by atoms with van der Waals surface area (Å²) in [5.74, 6) is -2.05. The Balaban J connectivity index is 1.48. The summed E-state index contributed by atoms with van der Waals surface area (Å²) in [4.78, 5) is 42.3. The maximum atomic E-state index is 13.1. The lowest BCUT2D eigenvalue weighted by Crippen LogP contribution is -2.34. The summed E-state index contributed by atoms with van der Waals surface area (Å²) in [7, 11) is 0. The molecule has 11 heteroatoms. The van der Waals surface area contributed by atoms with Crippen LogP contribution in [-0.4, -0.2) is 43.9 Å². The number of nitrogens with one attached hydrogen (secondary N) is 1. The third kappa shape index (κ3) is 4.07. The van der Waals surface area contributed by atoms with Crippen LogP contribution in [0.1, 0.15) is 24.8 Å². The number of likely N-dealkylation sites (tertiary alicyclic amines) is 1. The molecule has 2 heterocycles. The lowest BCUT2D eigenvalue weighted by molar-refractivity contribution is -0.140. The number of amides is 3. The molecule has 2 aromatic rings. The van der Waals surface area contributed by atoms with Gasteiger partial charge in [0.25, 0.3) is 0 Å². The predicted molar refractivity (Wildman–Crippen MR) is 102 cm³/mol. The molecule has 2 aliphatic rings. The van der Waals surface area contributed by atoms with Crippen LogP contribution in [0.4, 0.5) is 18.9 Å². The van der Waals surface area contributed by atoms with Gasteiger partial charge in [0.05, 0.1) is 28.8 Å². The van der Waals surface area contributed by atoms with E-state index in [9.17, 15) is 27.6 Å². The molecule has 1 aliphatic carbocycles. The maximum Gasteiger partial charge on any atom is 0.416 e. The van der Waals surface area contributed by atoms with Crippen LogP contribution in [0.25, 0.3) is 5.69 Å². The number of benzene rings is 1. The van der Waals surface area contributed by atoms with E-state index in [1.807, 2.05) is 12.2 Å². The third-order valence-electron chi connectivity index (χ3n) is 5.42. The quantitative estimate of drug-likeness (QED) is 0.578. The van der Waals surface area contributed by atoms with Crippen molar-refractivity contribution in [3.05, 3.63) is 48.6 Å². The molecule has 1 N–H and O–H groups in total. The first kappa shape index (κ1) is 20.8. The van der Waals surface area contributed by atoms with E-state index in [0.717, 1.165) is 17.0 Å². The first-order valence-electron chi connectivity index (χ1n) is 9.62. The van der Waals surface area contributed by atoms with E-state index < -0.39 is 29.5 Å². The van der Waals surface area contributed by atoms with Gasteiger partial charge in [0.2, 0.25) is 17.7 Å². The number of fused-ring (bicyclic) bond motifs is 1. The summed E-state index contributed by atoms with van der Waals surface area (Å²) in [6.45, 7) is -0.131. The average molecular weight is 433 g/mol. The van der Waals surface area contributed by atoms with Gasteiger partial charge in [-0.15, -0.1) is 0 Å². The van der Waals surface area contributed by atoms with Gasteiger partial charge in [0, 0.05) is 13.0 Å². The first-order chi connectivity index (χ1) is 14.8. The Morgan fingerprint density at radius 3 is 2.39 bits per heavy atom. The summed E-state index contributed by atoms with van der Waals surface area (Å²) in [6, 6.07) is 2.86. The van der Waals surface area contributed by atoms with Gasteiger partial charge in [-0.2, -0.15) is 18.3 Å². The number of imide groups is 1. The van der Waals surface area contributed by atoms with Gasteiger partial charge in [-0.1, -0.05) is 12.2 Å². The fourth-order valence-corrected chi connectivity index (χ4v) is 3.86. The number of anilines is 1. The van der Waals surface area contributed by atoms with E-state index >= 15 is 0 Å².